The quantitative estimate of drug-likeness (QED) is 0.372. The van der Waals surface area contributed by atoms with E-state index in [9.17, 15) is 14.7 Å². The number of aromatic nitrogens is 4. The highest BCUT2D eigenvalue weighted by atomic mass is 16.4. The molecule has 0 spiro atoms. The third-order valence-electron chi connectivity index (χ3n) is 6.84. The molecule has 1 aliphatic rings. The third kappa shape index (κ3) is 5.06. The number of nitrogens with one attached hydrogen (secondary N) is 1. The van der Waals surface area contributed by atoms with Crippen LogP contribution in [0.1, 0.15) is 55.7 Å². The van der Waals surface area contributed by atoms with Crippen LogP contribution in [0, 0.1) is 12.3 Å². The average molecular weight is 515 g/mol. The van der Waals surface area contributed by atoms with Crippen LogP contribution >= 0.6 is 0 Å². The summed E-state index contributed by atoms with van der Waals surface area (Å²) in [6, 6.07) is 16.1. The first-order chi connectivity index (χ1) is 18.1. The summed E-state index contributed by atoms with van der Waals surface area (Å²) in [5.74, 6) is -0.704. The van der Waals surface area contributed by atoms with E-state index in [1.54, 1.807) is 22.8 Å². The summed E-state index contributed by atoms with van der Waals surface area (Å²) in [6.45, 7) is 11.1. The number of hydrogen-bond acceptors (Lipinski definition) is 6. The highest BCUT2D eigenvalue weighted by Crippen LogP contribution is 2.30. The smallest absolute Gasteiger partial charge is 0.337 e. The van der Waals surface area contributed by atoms with Crippen molar-refractivity contribution in [1.82, 2.24) is 24.0 Å². The van der Waals surface area contributed by atoms with Gasteiger partial charge in [0, 0.05) is 18.8 Å². The maximum Gasteiger partial charge on any atom is 0.337 e. The second-order valence-corrected chi connectivity index (χ2v) is 11.2. The molecule has 9 nitrogen and oxygen atoms in total. The predicted octanol–water partition coefficient (Wildman–Crippen LogP) is 5.02. The zero-order valence-corrected chi connectivity index (χ0v) is 22.3. The van der Waals surface area contributed by atoms with Gasteiger partial charge in [0.25, 0.3) is 0 Å². The zero-order valence-electron chi connectivity index (χ0n) is 22.3. The van der Waals surface area contributed by atoms with Crippen molar-refractivity contribution < 1.29 is 9.90 Å². The summed E-state index contributed by atoms with van der Waals surface area (Å²) >= 11 is 0. The van der Waals surface area contributed by atoms with E-state index in [0.717, 1.165) is 38.2 Å². The Bertz CT molecular complexity index is 1530. The molecule has 0 amide bonds. The Balaban J connectivity index is 1.71. The van der Waals surface area contributed by atoms with Crippen LogP contribution in [0.15, 0.2) is 59.4 Å². The number of piperidine rings is 1. The molecule has 9 heteroatoms. The summed E-state index contributed by atoms with van der Waals surface area (Å²) in [6.07, 6.45) is 1.80. The van der Waals surface area contributed by atoms with Crippen molar-refractivity contribution in [3.8, 4) is 5.69 Å². The number of aryl methyl sites for hydroxylation is 1. The van der Waals surface area contributed by atoms with E-state index in [1.165, 1.54) is 10.6 Å². The van der Waals surface area contributed by atoms with Crippen LogP contribution in [0.4, 0.5) is 11.6 Å². The number of nitrogens with zero attached hydrogens (tertiary/aromatic N) is 5. The minimum atomic E-state index is -1.09. The van der Waals surface area contributed by atoms with Gasteiger partial charge in [0.05, 0.1) is 23.0 Å². The van der Waals surface area contributed by atoms with Crippen LogP contribution in [-0.2, 0) is 0 Å². The lowest BCUT2D eigenvalue weighted by molar-refractivity contribution is 0.0697. The number of anilines is 2. The molecule has 0 saturated carbocycles. The van der Waals surface area contributed by atoms with E-state index in [4.69, 9.17) is 4.98 Å². The largest absolute Gasteiger partial charge is 0.478 e. The van der Waals surface area contributed by atoms with Gasteiger partial charge in [-0.1, -0.05) is 51.1 Å². The van der Waals surface area contributed by atoms with Gasteiger partial charge in [-0.05, 0) is 56.0 Å². The van der Waals surface area contributed by atoms with Gasteiger partial charge in [0.15, 0.2) is 5.65 Å². The first-order valence-corrected chi connectivity index (χ1v) is 13.0. The van der Waals surface area contributed by atoms with Gasteiger partial charge in [-0.2, -0.15) is 4.98 Å². The van der Waals surface area contributed by atoms with Gasteiger partial charge in [0.2, 0.25) is 5.95 Å². The molecule has 3 heterocycles. The molecule has 0 bridgehead atoms. The molecule has 1 fully saturated rings. The Hall–Kier alpha value is -3.98. The first-order valence-electron chi connectivity index (χ1n) is 13.0. The van der Waals surface area contributed by atoms with Crippen LogP contribution in [0.25, 0.3) is 16.9 Å². The summed E-state index contributed by atoms with van der Waals surface area (Å²) in [5, 5.41) is 13.1. The molecule has 1 aliphatic heterocycles. The number of likely N-dealkylation sites (tertiary alicyclic amines) is 1. The normalized spacial score (nSPS) is 16.6. The molecule has 0 unspecified atom stereocenters. The lowest BCUT2D eigenvalue weighted by Gasteiger charge is -2.36. The van der Waals surface area contributed by atoms with Crippen molar-refractivity contribution in [3.05, 3.63) is 76.3 Å². The Morgan fingerprint density at radius 3 is 2.50 bits per heavy atom. The Morgan fingerprint density at radius 1 is 1.08 bits per heavy atom. The van der Waals surface area contributed by atoms with Crippen LogP contribution in [0.5, 0.6) is 0 Å². The molecule has 0 radical (unpaired) electrons. The van der Waals surface area contributed by atoms with Crippen molar-refractivity contribution in [2.45, 2.75) is 46.6 Å². The molecule has 5 rings (SSSR count). The summed E-state index contributed by atoms with van der Waals surface area (Å²) in [4.78, 5) is 38.2. The minimum Gasteiger partial charge on any atom is -0.478 e. The SMILES string of the molecule is Cc1nc(Nc2ccccc2)nc2c1n(-c1ccccc1C(=O)O)c(=O)n2[C@H]1CCCN(CC(C)(C)C)C1. The Labute approximate surface area is 221 Å². The molecular formula is C29H34N6O3. The number of aromatic carboxylic acids is 1. The van der Waals surface area contributed by atoms with E-state index >= 15 is 0 Å². The minimum absolute atomic E-state index is 0.0533. The number of rotatable bonds is 6. The van der Waals surface area contributed by atoms with Gasteiger partial charge in [0.1, 0.15) is 5.52 Å². The van der Waals surface area contributed by atoms with Crippen LogP contribution in [0.2, 0.25) is 0 Å². The summed E-state index contributed by atoms with van der Waals surface area (Å²) < 4.78 is 3.23. The van der Waals surface area contributed by atoms with E-state index in [0.29, 0.717) is 28.5 Å². The molecule has 1 atom stereocenters. The lowest BCUT2D eigenvalue weighted by Crippen LogP contribution is -2.43. The molecule has 38 heavy (non-hydrogen) atoms. The molecule has 4 aromatic rings. The van der Waals surface area contributed by atoms with Gasteiger partial charge in [-0.3, -0.25) is 9.13 Å². The maximum atomic E-state index is 14.2. The number of para-hydroxylation sites is 2. The van der Waals surface area contributed by atoms with Gasteiger partial charge < -0.3 is 15.3 Å². The van der Waals surface area contributed by atoms with Crippen LogP contribution in [0.3, 0.4) is 0 Å². The van der Waals surface area contributed by atoms with Crippen molar-refractivity contribution in [2.75, 3.05) is 25.0 Å². The van der Waals surface area contributed by atoms with Gasteiger partial charge >= 0.3 is 11.7 Å². The second-order valence-electron chi connectivity index (χ2n) is 11.2. The third-order valence-corrected chi connectivity index (χ3v) is 6.84. The van der Waals surface area contributed by atoms with E-state index in [-0.39, 0.29) is 22.7 Å². The van der Waals surface area contributed by atoms with E-state index < -0.39 is 5.97 Å². The van der Waals surface area contributed by atoms with Crippen molar-refractivity contribution in [1.29, 1.82) is 0 Å². The fourth-order valence-corrected chi connectivity index (χ4v) is 5.44. The van der Waals surface area contributed by atoms with E-state index in [2.05, 4.69) is 36.0 Å². The fourth-order valence-electron chi connectivity index (χ4n) is 5.44. The molecule has 0 aliphatic carbocycles. The van der Waals surface area contributed by atoms with Crippen LogP contribution in [-0.4, -0.2) is 54.7 Å². The molecule has 1 saturated heterocycles. The topological polar surface area (TPSA) is 105 Å². The molecular weight excluding hydrogens is 480 g/mol. The first kappa shape index (κ1) is 25.7. The van der Waals surface area contributed by atoms with Gasteiger partial charge in [-0.25, -0.2) is 14.6 Å². The summed E-state index contributed by atoms with van der Waals surface area (Å²) in [5.41, 5.74) is 2.65. The number of benzene rings is 2. The van der Waals surface area contributed by atoms with Gasteiger partial charge in [-0.15, -0.1) is 0 Å². The number of hydrogen-bond donors (Lipinski definition) is 2. The number of imidazole rings is 1. The fraction of sp³-hybridized carbons (Fsp3) is 0.379. The number of carboxylic acid groups (broad SMARTS) is 1. The number of carbonyl (C=O) groups is 1. The maximum absolute atomic E-state index is 14.2. The second kappa shape index (κ2) is 10.1. The number of carboxylic acids is 1. The van der Waals surface area contributed by atoms with Crippen LogP contribution < -0.4 is 11.0 Å². The molecule has 2 N–H and O–H groups in total. The van der Waals surface area contributed by atoms with Crippen molar-refractivity contribution >= 4 is 28.8 Å². The molecule has 198 valence electrons. The number of fused-ring (bicyclic) bond motifs is 1. The monoisotopic (exact) mass is 514 g/mol. The predicted molar refractivity (Wildman–Crippen MR) is 149 cm³/mol. The van der Waals surface area contributed by atoms with Crippen molar-refractivity contribution in [3.63, 3.8) is 0 Å². The Morgan fingerprint density at radius 2 is 1.79 bits per heavy atom. The highest BCUT2D eigenvalue weighted by Gasteiger charge is 2.30. The van der Waals surface area contributed by atoms with E-state index in [1.807, 2.05) is 37.3 Å². The molecule has 2 aromatic carbocycles. The van der Waals surface area contributed by atoms with Crippen molar-refractivity contribution in [2.24, 2.45) is 5.41 Å². The molecule has 2 aromatic heterocycles. The standard InChI is InChI=1S/C29H34N6O3/c1-19-24-25(32-27(30-19)31-20-11-6-5-7-12-20)34(21-13-10-16-33(17-21)18-29(2,3)4)28(38)35(24)23-15-9-8-14-22(23)26(36)37/h5-9,11-12,14-15,21H,10,13,16-18H2,1-4H3,(H,36,37)(H,30,31,32)/t21-/m0/s1. The zero-order chi connectivity index (χ0) is 27.0. The average Bonchev–Trinajstić information content (AvgIpc) is 3.15. The lowest BCUT2D eigenvalue weighted by atomic mass is 9.94. The summed E-state index contributed by atoms with van der Waals surface area (Å²) in [7, 11) is 0. The Kier molecular flexibility index (Phi) is 6.79. The highest BCUT2D eigenvalue weighted by molar-refractivity contribution is 5.93.